The zero-order valence-corrected chi connectivity index (χ0v) is 17.4. The Morgan fingerprint density at radius 3 is 2.16 bits per heavy atom. The van der Waals surface area contributed by atoms with Gasteiger partial charge in [-0.15, -0.1) is 0 Å². The molecular weight excluding hydrogens is 406 g/mol. The van der Waals surface area contributed by atoms with Crippen LogP contribution < -0.4 is 5.01 Å². The highest BCUT2D eigenvalue weighted by atomic mass is 16.6. The molecule has 2 atom stereocenters. The molecule has 2 aliphatic heterocycles. The Morgan fingerprint density at radius 1 is 0.906 bits per heavy atom. The molecule has 0 saturated carbocycles. The van der Waals surface area contributed by atoms with E-state index in [9.17, 15) is 10.1 Å². The molecule has 32 heavy (non-hydrogen) atoms. The molecule has 0 aliphatic carbocycles. The van der Waals surface area contributed by atoms with Crippen LogP contribution in [-0.4, -0.2) is 36.1 Å². The predicted octanol–water partition coefficient (Wildman–Crippen LogP) is 4.71. The summed E-state index contributed by atoms with van der Waals surface area (Å²) in [6.07, 6.45) is 0. The van der Waals surface area contributed by atoms with Crippen molar-refractivity contribution in [1.29, 1.82) is 0 Å². The highest BCUT2D eigenvalue weighted by Gasteiger charge is 2.55. The summed E-state index contributed by atoms with van der Waals surface area (Å²) < 4.78 is 5.67. The second-order valence-electron chi connectivity index (χ2n) is 7.80. The minimum absolute atomic E-state index is 0.0428. The van der Waals surface area contributed by atoms with E-state index >= 15 is 0 Å². The van der Waals surface area contributed by atoms with Crippen molar-refractivity contribution in [2.24, 2.45) is 10.3 Å². The van der Waals surface area contributed by atoms with Crippen LogP contribution in [0.25, 0.3) is 0 Å². The number of morpholine rings is 1. The number of rotatable bonds is 5. The molecular formula is C24H23N5O3. The second kappa shape index (κ2) is 8.49. The molecule has 2 unspecified atom stereocenters. The van der Waals surface area contributed by atoms with Gasteiger partial charge in [0.15, 0.2) is 5.66 Å². The van der Waals surface area contributed by atoms with E-state index in [0.29, 0.717) is 26.3 Å². The fourth-order valence-electron chi connectivity index (χ4n) is 4.62. The van der Waals surface area contributed by atoms with Gasteiger partial charge >= 0.3 is 0 Å². The molecule has 0 spiro atoms. The maximum Gasteiger partial charge on any atom is 0.269 e. The quantitative estimate of drug-likeness (QED) is 0.433. The fraction of sp³-hybridized carbons (Fsp3) is 0.250. The standard InChI is InChI=1S/C24H23N5O3/c30-29(31)22-13-11-21(12-14-22)28-24(20-9-5-2-6-10-20,27-15-17-32-18-16-27)23(25-26-28)19-7-3-1-4-8-19/h1-14,23H,15-18H2. The van der Waals surface area contributed by atoms with E-state index < -0.39 is 10.6 Å². The van der Waals surface area contributed by atoms with Gasteiger partial charge < -0.3 is 4.74 Å². The van der Waals surface area contributed by atoms with Crippen LogP contribution in [0.3, 0.4) is 0 Å². The largest absolute Gasteiger partial charge is 0.379 e. The van der Waals surface area contributed by atoms with Gasteiger partial charge in [-0.05, 0) is 23.3 Å². The fourth-order valence-corrected chi connectivity index (χ4v) is 4.62. The Hall–Kier alpha value is -3.62. The third kappa shape index (κ3) is 3.34. The molecule has 162 valence electrons. The van der Waals surface area contributed by atoms with Crippen molar-refractivity contribution in [2.75, 3.05) is 31.3 Å². The summed E-state index contributed by atoms with van der Waals surface area (Å²) in [5, 5.41) is 22.5. The van der Waals surface area contributed by atoms with E-state index in [0.717, 1.165) is 16.8 Å². The molecule has 0 bridgehead atoms. The van der Waals surface area contributed by atoms with Crippen molar-refractivity contribution in [3.63, 3.8) is 0 Å². The average molecular weight is 429 g/mol. The first-order chi connectivity index (χ1) is 15.7. The van der Waals surface area contributed by atoms with E-state index in [-0.39, 0.29) is 11.7 Å². The smallest absolute Gasteiger partial charge is 0.269 e. The van der Waals surface area contributed by atoms with Crippen LogP contribution in [0.15, 0.2) is 95.3 Å². The molecule has 3 aromatic rings. The molecule has 0 N–H and O–H groups in total. The van der Waals surface area contributed by atoms with E-state index in [1.165, 1.54) is 12.1 Å². The maximum absolute atomic E-state index is 11.2. The van der Waals surface area contributed by atoms with Gasteiger partial charge in [-0.25, -0.2) is 5.01 Å². The monoisotopic (exact) mass is 429 g/mol. The topological polar surface area (TPSA) is 83.6 Å². The minimum Gasteiger partial charge on any atom is -0.379 e. The third-order valence-electron chi connectivity index (χ3n) is 6.07. The van der Waals surface area contributed by atoms with Crippen LogP contribution in [0.5, 0.6) is 0 Å². The minimum atomic E-state index is -0.734. The van der Waals surface area contributed by atoms with Crippen molar-refractivity contribution in [3.05, 3.63) is 106 Å². The molecule has 8 heteroatoms. The number of hydrogen-bond acceptors (Lipinski definition) is 7. The number of nitro benzene ring substituents is 1. The molecule has 1 fully saturated rings. The lowest BCUT2D eigenvalue weighted by Crippen LogP contribution is -2.60. The SMILES string of the molecule is O=[N+]([O-])c1ccc(N2N=NC(c3ccccc3)C2(c2ccccc2)N2CCOCC2)cc1. The lowest BCUT2D eigenvalue weighted by Gasteiger charge is -2.49. The first-order valence-corrected chi connectivity index (χ1v) is 10.6. The number of benzene rings is 3. The van der Waals surface area contributed by atoms with Gasteiger partial charge in [-0.1, -0.05) is 65.9 Å². The normalized spacial score (nSPS) is 23.4. The van der Waals surface area contributed by atoms with Crippen LogP contribution in [0.4, 0.5) is 11.4 Å². The molecule has 8 nitrogen and oxygen atoms in total. The van der Waals surface area contributed by atoms with Crippen molar-refractivity contribution in [2.45, 2.75) is 11.7 Å². The zero-order valence-electron chi connectivity index (χ0n) is 17.4. The number of hydrogen-bond donors (Lipinski definition) is 0. The van der Waals surface area contributed by atoms with Gasteiger partial charge in [0.2, 0.25) is 0 Å². The number of nitro groups is 1. The molecule has 3 aromatic carbocycles. The summed E-state index contributed by atoms with van der Waals surface area (Å²) in [6.45, 7) is 2.66. The average Bonchev–Trinajstić information content (AvgIpc) is 3.27. The molecule has 2 heterocycles. The summed E-state index contributed by atoms with van der Waals surface area (Å²) in [4.78, 5) is 13.2. The van der Waals surface area contributed by atoms with Crippen molar-refractivity contribution < 1.29 is 9.66 Å². The van der Waals surface area contributed by atoms with Gasteiger partial charge in [0, 0.05) is 25.2 Å². The van der Waals surface area contributed by atoms with Crippen LogP contribution in [0, 0.1) is 10.1 Å². The summed E-state index contributed by atoms with van der Waals surface area (Å²) in [5.41, 5.74) is 2.16. The van der Waals surface area contributed by atoms with E-state index in [1.54, 1.807) is 12.1 Å². The summed E-state index contributed by atoms with van der Waals surface area (Å²) in [5.74, 6) is 0. The predicted molar refractivity (Wildman–Crippen MR) is 120 cm³/mol. The van der Waals surface area contributed by atoms with Crippen molar-refractivity contribution in [3.8, 4) is 0 Å². The number of anilines is 1. The third-order valence-corrected chi connectivity index (χ3v) is 6.07. The van der Waals surface area contributed by atoms with Crippen molar-refractivity contribution in [1.82, 2.24) is 4.90 Å². The summed E-state index contributed by atoms with van der Waals surface area (Å²) in [7, 11) is 0. The molecule has 5 rings (SSSR count). The van der Waals surface area contributed by atoms with Gasteiger partial charge in [0.1, 0.15) is 6.04 Å². The Morgan fingerprint density at radius 2 is 1.53 bits per heavy atom. The van der Waals surface area contributed by atoms with Gasteiger partial charge in [0.25, 0.3) is 5.69 Å². The lowest BCUT2D eigenvalue weighted by molar-refractivity contribution is -0.384. The molecule has 0 radical (unpaired) electrons. The van der Waals surface area contributed by atoms with Gasteiger partial charge in [-0.3, -0.25) is 15.0 Å². The van der Waals surface area contributed by atoms with Crippen LogP contribution in [0.1, 0.15) is 17.2 Å². The molecule has 1 saturated heterocycles. The van der Waals surface area contributed by atoms with E-state index in [1.807, 2.05) is 41.4 Å². The van der Waals surface area contributed by atoms with Gasteiger partial charge in [-0.2, -0.15) is 5.11 Å². The maximum atomic E-state index is 11.2. The molecule has 0 amide bonds. The van der Waals surface area contributed by atoms with E-state index in [4.69, 9.17) is 9.85 Å². The Kier molecular flexibility index (Phi) is 5.38. The van der Waals surface area contributed by atoms with Crippen LogP contribution in [-0.2, 0) is 10.4 Å². The summed E-state index contributed by atoms with van der Waals surface area (Å²) in [6, 6.07) is 26.6. The molecule has 2 aliphatic rings. The second-order valence-corrected chi connectivity index (χ2v) is 7.80. The summed E-state index contributed by atoms with van der Waals surface area (Å²) >= 11 is 0. The van der Waals surface area contributed by atoms with E-state index in [2.05, 4.69) is 34.4 Å². The van der Waals surface area contributed by atoms with Crippen LogP contribution >= 0.6 is 0 Å². The Balaban J connectivity index is 1.71. The Bertz CT molecular complexity index is 1100. The first kappa shape index (κ1) is 20.3. The lowest BCUT2D eigenvalue weighted by atomic mass is 9.84. The first-order valence-electron chi connectivity index (χ1n) is 10.6. The highest BCUT2D eigenvalue weighted by molar-refractivity contribution is 5.56. The Labute approximate surface area is 185 Å². The number of nitrogens with zero attached hydrogens (tertiary/aromatic N) is 5. The molecule has 0 aromatic heterocycles. The number of ether oxygens (including phenoxy) is 1. The van der Waals surface area contributed by atoms with Crippen LogP contribution in [0.2, 0.25) is 0 Å². The van der Waals surface area contributed by atoms with Crippen molar-refractivity contribution >= 4 is 11.4 Å². The number of non-ortho nitro benzene ring substituents is 1. The van der Waals surface area contributed by atoms with Gasteiger partial charge in [0.05, 0.1) is 23.8 Å². The highest BCUT2D eigenvalue weighted by Crippen LogP contribution is 2.52. The zero-order chi connectivity index (χ0) is 22.0.